The second-order valence-corrected chi connectivity index (χ2v) is 10.2. The fraction of sp³-hybridized carbons (Fsp3) is 0.500. The van der Waals surface area contributed by atoms with Crippen LogP contribution in [0.2, 0.25) is 0 Å². The minimum Gasteiger partial charge on any atom is -0.373 e. The summed E-state index contributed by atoms with van der Waals surface area (Å²) in [4.78, 5) is 30.2. The van der Waals surface area contributed by atoms with Crippen molar-refractivity contribution in [3.63, 3.8) is 0 Å². The first-order valence-corrected chi connectivity index (χ1v) is 13.0. The fourth-order valence-corrected chi connectivity index (χ4v) is 5.19. The van der Waals surface area contributed by atoms with Crippen molar-refractivity contribution < 1.29 is 40.7 Å². The average molecular weight is 608 g/mol. The topological polar surface area (TPSA) is 53.1 Å². The second kappa shape index (κ2) is 13.4. The van der Waals surface area contributed by atoms with Crippen LogP contribution in [0.3, 0.4) is 0 Å². The van der Waals surface area contributed by atoms with Gasteiger partial charge in [0.05, 0.1) is 30.4 Å². The summed E-state index contributed by atoms with van der Waals surface area (Å²) in [5, 5.41) is 0. The van der Waals surface area contributed by atoms with Crippen LogP contribution < -0.4 is 0 Å². The number of piperidine rings is 1. The van der Waals surface area contributed by atoms with Crippen LogP contribution in [0.25, 0.3) is 0 Å². The maximum atomic E-state index is 13.3. The number of hydrogen-bond donors (Lipinski definition) is 0. The number of amides is 2. The number of piperazine rings is 1. The van der Waals surface area contributed by atoms with E-state index in [-0.39, 0.29) is 48.3 Å². The average Bonchev–Trinajstić information content (AvgIpc) is 2.91. The minimum atomic E-state index is -4.94. The molecule has 2 atom stereocenters. The quantitative estimate of drug-likeness (QED) is 0.423. The van der Waals surface area contributed by atoms with Gasteiger partial charge in [-0.3, -0.25) is 14.5 Å². The van der Waals surface area contributed by atoms with Gasteiger partial charge < -0.3 is 14.5 Å². The number of likely N-dealkylation sites (tertiary alicyclic amines) is 1. The molecule has 2 aliphatic rings. The number of nitrogens with zero attached hydrogens (tertiary/aromatic N) is 3. The van der Waals surface area contributed by atoms with Gasteiger partial charge in [0.25, 0.3) is 0 Å². The summed E-state index contributed by atoms with van der Waals surface area (Å²) in [5.74, 6) is -0.400. The molecule has 0 aromatic heterocycles. The lowest BCUT2D eigenvalue weighted by Crippen LogP contribution is -2.53. The van der Waals surface area contributed by atoms with Crippen molar-refractivity contribution in [1.82, 2.24) is 14.7 Å². The van der Waals surface area contributed by atoms with E-state index in [4.69, 9.17) is 4.74 Å². The molecule has 4 rings (SSSR count). The van der Waals surface area contributed by atoms with Gasteiger partial charge in [0.15, 0.2) is 0 Å². The van der Waals surface area contributed by atoms with Gasteiger partial charge in [-0.2, -0.15) is 26.3 Å². The Morgan fingerprint density at radius 2 is 1.44 bits per heavy atom. The number of carbonyl (C=O) groups excluding carboxylic acids is 2. The molecule has 2 aromatic carbocycles. The Morgan fingerprint density at radius 3 is 1.98 bits per heavy atom. The smallest absolute Gasteiger partial charge is 0.373 e. The number of halogens is 7. The van der Waals surface area contributed by atoms with Gasteiger partial charge in [0.2, 0.25) is 11.8 Å². The maximum absolute atomic E-state index is 13.3. The van der Waals surface area contributed by atoms with Crippen LogP contribution in [0.15, 0.2) is 48.5 Å². The predicted octanol–water partition coefficient (Wildman–Crippen LogP) is 5.21. The van der Waals surface area contributed by atoms with E-state index in [0.29, 0.717) is 57.8 Å². The van der Waals surface area contributed by atoms with Crippen molar-refractivity contribution in [3.05, 3.63) is 70.8 Å². The first-order chi connectivity index (χ1) is 18.8. The van der Waals surface area contributed by atoms with Crippen molar-refractivity contribution in [1.29, 1.82) is 0 Å². The van der Waals surface area contributed by atoms with Gasteiger partial charge in [-0.1, -0.05) is 30.3 Å². The molecule has 2 saturated heterocycles. The van der Waals surface area contributed by atoms with Gasteiger partial charge in [-0.25, -0.2) is 0 Å². The number of benzene rings is 2. The largest absolute Gasteiger partial charge is 0.416 e. The number of alkyl halides is 6. The van der Waals surface area contributed by atoms with Crippen molar-refractivity contribution in [3.8, 4) is 0 Å². The lowest BCUT2D eigenvalue weighted by molar-refractivity contribution is -0.143. The Labute approximate surface area is 240 Å². The van der Waals surface area contributed by atoms with Gasteiger partial charge in [-0.05, 0) is 35.7 Å². The van der Waals surface area contributed by atoms with Crippen molar-refractivity contribution in [2.24, 2.45) is 0 Å². The molecule has 2 aromatic rings. The molecule has 0 radical (unpaired) electrons. The highest BCUT2D eigenvalue weighted by molar-refractivity contribution is 5.85. The van der Waals surface area contributed by atoms with Crippen molar-refractivity contribution >= 4 is 24.2 Å². The van der Waals surface area contributed by atoms with Gasteiger partial charge in [-0.15, -0.1) is 12.4 Å². The predicted molar refractivity (Wildman–Crippen MR) is 141 cm³/mol. The number of hydrogen-bond acceptors (Lipinski definition) is 4. The fourth-order valence-electron chi connectivity index (χ4n) is 5.19. The third kappa shape index (κ3) is 8.59. The van der Waals surface area contributed by atoms with E-state index < -0.39 is 36.2 Å². The molecule has 0 N–H and O–H groups in total. The number of ether oxygens (including phenoxy) is 1. The first-order valence-electron chi connectivity index (χ1n) is 13.0. The summed E-state index contributed by atoms with van der Waals surface area (Å²) in [6, 6.07) is 10.7. The molecule has 2 unspecified atom stereocenters. The third-order valence-electron chi connectivity index (χ3n) is 7.42. The second-order valence-electron chi connectivity index (χ2n) is 10.2. The third-order valence-corrected chi connectivity index (χ3v) is 7.42. The van der Waals surface area contributed by atoms with Crippen LogP contribution in [0, 0.1) is 0 Å². The summed E-state index contributed by atoms with van der Waals surface area (Å²) < 4.78 is 85.7. The Kier molecular flexibility index (Phi) is 10.7. The Bertz CT molecular complexity index is 1150. The Hall–Kier alpha value is -2.83. The highest BCUT2D eigenvalue weighted by Crippen LogP contribution is 2.37. The van der Waals surface area contributed by atoms with Crippen LogP contribution in [0.4, 0.5) is 26.3 Å². The van der Waals surface area contributed by atoms with Crippen LogP contribution in [-0.4, -0.2) is 78.4 Å². The van der Waals surface area contributed by atoms with E-state index in [9.17, 15) is 35.9 Å². The summed E-state index contributed by atoms with van der Waals surface area (Å²) in [5.41, 5.74) is -2.13. The van der Waals surface area contributed by atoms with E-state index in [1.165, 1.54) is 6.92 Å². The number of carbonyl (C=O) groups is 2. The summed E-state index contributed by atoms with van der Waals surface area (Å²) >= 11 is 0. The zero-order valence-corrected chi connectivity index (χ0v) is 23.2. The molecule has 2 aliphatic heterocycles. The lowest BCUT2D eigenvalue weighted by atomic mass is 9.87. The van der Waals surface area contributed by atoms with E-state index in [1.807, 2.05) is 35.2 Å². The Balaban J connectivity index is 0.00000462. The molecule has 41 heavy (non-hydrogen) atoms. The molecular weight excluding hydrogens is 576 g/mol. The van der Waals surface area contributed by atoms with Gasteiger partial charge in [0.1, 0.15) is 0 Å². The zero-order chi connectivity index (χ0) is 29.1. The highest BCUT2D eigenvalue weighted by Gasteiger charge is 2.38. The zero-order valence-electron chi connectivity index (χ0n) is 22.4. The summed E-state index contributed by atoms with van der Waals surface area (Å²) in [7, 11) is 0. The molecule has 13 heteroatoms. The van der Waals surface area contributed by atoms with Gasteiger partial charge >= 0.3 is 12.4 Å². The Morgan fingerprint density at radius 1 is 0.854 bits per heavy atom. The summed E-state index contributed by atoms with van der Waals surface area (Å²) in [6.07, 6.45) is -10.0. The molecule has 2 heterocycles. The van der Waals surface area contributed by atoms with Crippen LogP contribution in [0.1, 0.15) is 41.5 Å². The molecule has 0 bridgehead atoms. The van der Waals surface area contributed by atoms with Crippen LogP contribution >= 0.6 is 12.4 Å². The van der Waals surface area contributed by atoms with E-state index in [1.54, 1.807) is 9.80 Å². The lowest BCUT2D eigenvalue weighted by Gasteiger charge is -2.40. The van der Waals surface area contributed by atoms with Crippen molar-refractivity contribution in [2.75, 3.05) is 45.8 Å². The molecule has 6 nitrogen and oxygen atoms in total. The molecule has 226 valence electrons. The molecule has 0 spiro atoms. The molecule has 0 aliphatic carbocycles. The van der Waals surface area contributed by atoms with E-state index >= 15 is 0 Å². The number of rotatable bonds is 6. The molecule has 0 saturated carbocycles. The molecule has 2 amide bonds. The molecular formula is C28H32ClF6N3O3. The van der Waals surface area contributed by atoms with E-state index in [0.717, 1.165) is 5.56 Å². The SMILES string of the molecule is CC(=O)N1CCN(CC(=O)N2CCC(OCc3cc(C(F)(F)F)cc(C(F)(F)F)c3)C(c3ccccc3)C2)CC1.Cl. The first kappa shape index (κ1) is 32.7. The van der Waals surface area contributed by atoms with Crippen molar-refractivity contribution in [2.45, 2.75) is 44.3 Å². The van der Waals surface area contributed by atoms with Gasteiger partial charge in [0, 0.05) is 52.1 Å². The molecule has 2 fully saturated rings. The van der Waals surface area contributed by atoms with E-state index in [2.05, 4.69) is 0 Å². The normalized spacial score (nSPS) is 20.5. The maximum Gasteiger partial charge on any atom is 0.416 e. The highest BCUT2D eigenvalue weighted by atomic mass is 35.5. The van der Waals surface area contributed by atoms with Crippen LogP contribution in [-0.2, 0) is 33.3 Å². The minimum absolute atomic E-state index is 0. The van der Waals surface area contributed by atoms with Crippen LogP contribution in [0.5, 0.6) is 0 Å². The monoisotopic (exact) mass is 607 g/mol. The summed E-state index contributed by atoms with van der Waals surface area (Å²) in [6.45, 7) is 4.20. The standard InChI is InChI=1S/C28H31F6N3O3.ClH/c1-19(38)36-11-9-35(10-12-36)17-26(39)37-8-7-25(24(16-37)21-5-3-2-4-6-21)40-18-20-13-22(27(29,30)31)15-23(14-20)28(32,33)34;/h2-6,13-15,24-25H,7-12,16-18H2,1H3;1H.